The molecule has 8 heteroatoms. The van der Waals surface area contributed by atoms with E-state index in [-0.39, 0.29) is 29.2 Å². The number of nitrogens with zero attached hydrogens (tertiary/aromatic N) is 2. The van der Waals surface area contributed by atoms with Crippen LogP contribution in [-0.2, 0) is 16.0 Å². The van der Waals surface area contributed by atoms with E-state index < -0.39 is 11.0 Å². The summed E-state index contributed by atoms with van der Waals surface area (Å²) in [5.41, 5.74) is 3.44. The molecule has 0 aromatic heterocycles. The predicted octanol–water partition coefficient (Wildman–Crippen LogP) is 6.63. The molecule has 2 aliphatic rings. The highest BCUT2D eigenvalue weighted by molar-refractivity contribution is 6.30. The molecule has 7 nitrogen and oxygen atoms in total. The van der Waals surface area contributed by atoms with Crippen molar-refractivity contribution in [1.29, 1.82) is 0 Å². The third kappa shape index (κ3) is 4.87. The average molecular weight is 516 g/mol. The maximum absolute atomic E-state index is 14.1. The number of hydrogen-bond donors (Lipinski definition) is 1. The second-order valence-electron chi connectivity index (χ2n) is 10.3. The number of para-hydroxylation sites is 2. The summed E-state index contributed by atoms with van der Waals surface area (Å²) in [5, 5.41) is 15.7. The molecule has 0 fully saturated rings. The first kappa shape index (κ1) is 24.7. The number of ketones is 1. The maximum Gasteiger partial charge on any atom is 0.269 e. The molecule has 1 N–H and O–H groups in total. The van der Waals surface area contributed by atoms with Crippen LogP contribution in [-0.4, -0.2) is 16.6 Å². The van der Waals surface area contributed by atoms with Crippen molar-refractivity contribution in [3.63, 3.8) is 0 Å². The van der Waals surface area contributed by atoms with Crippen molar-refractivity contribution in [1.82, 2.24) is 0 Å². The van der Waals surface area contributed by atoms with E-state index in [0.717, 1.165) is 11.3 Å². The molecule has 3 aromatic rings. The van der Waals surface area contributed by atoms with Crippen LogP contribution >= 0.6 is 11.6 Å². The van der Waals surface area contributed by atoms with Crippen LogP contribution in [0.25, 0.3) is 0 Å². The fourth-order valence-corrected chi connectivity index (χ4v) is 5.37. The van der Waals surface area contributed by atoms with E-state index in [4.69, 9.17) is 11.6 Å². The summed E-state index contributed by atoms with van der Waals surface area (Å²) in [6.45, 7) is 4.08. The number of carbonyl (C=O) groups is 2. The highest BCUT2D eigenvalue weighted by Crippen LogP contribution is 2.48. The number of rotatable bonds is 4. The number of benzene rings is 3. The molecule has 0 unspecified atom stereocenters. The zero-order chi connectivity index (χ0) is 26.3. The molecular formula is C29H26ClN3O4. The molecule has 0 saturated heterocycles. The first-order valence-corrected chi connectivity index (χ1v) is 12.4. The van der Waals surface area contributed by atoms with Crippen LogP contribution < -0.4 is 10.2 Å². The lowest BCUT2D eigenvalue weighted by Crippen LogP contribution is -2.40. The minimum Gasteiger partial charge on any atom is -0.357 e. The number of nitrogens with one attached hydrogen (secondary N) is 1. The van der Waals surface area contributed by atoms with Crippen LogP contribution in [0, 0.1) is 15.5 Å². The minimum absolute atomic E-state index is 0.0687. The number of fused-ring (bicyclic) bond motifs is 1. The van der Waals surface area contributed by atoms with Crippen molar-refractivity contribution in [2.75, 3.05) is 10.2 Å². The van der Waals surface area contributed by atoms with E-state index in [1.807, 2.05) is 38.1 Å². The summed E-state index contributed by atoms with van der Waals surface area (Å²) in [6, 6.07) is 19.9. The van der Waals surface area contributed by atoms with E-state index in [2.05, 4.69) is 5.32 Å². The van der Waals surface area contributed by atoms with Crippen molar-refractivity contribution in [2.45, 2.75) is 39.2 Å². The number of nitro groups is 1. The van der Waals surface area contributed by atoms with E-state index in [1.54, 1.807) is 41.3 Å². The lowest BCUT2D eigenvalue weighted by Gasteiger charge is -2.37. The molecule has 1 aliphatic carbocycles. The van der Waals surface area contributed by atoms with Crippen LogP contribution in [0.5, 0.6) is 0 Å². The predicted molar refractivity (Wildman–Crippen MR) is 144 cm³/mol. The third-order valence-electron chi connectivity index (χ3n) is 6.83. The van der Waals surface area contributed by atoms with Gasteiger partial charge >= 0.3 is 0 Å². The van der Waals surface area contributed by atoms with Gasteiger partial charge in [-0.3, -0.25) is 24.6 Å². The largest absolute Gasteiger partial charge is 0.357 e. The Labute approximate surface area is 219 Å². The molecule has 5 rings (SSSR count). The monoisotopic (exact) mass is 515 g/mol. The molecule has 0 saturated carbocycles. The van der Waals surface area contributed by atoms with Crippen molar-refractivity contribution in [2.24, 2.45) is 5.41 Å². The highest BCUT2D eigenvalue weighted by Gasteiger charge is 2.43. The van der Waals surface area contributed by atoms with Gasteiger partial charge in [-0.05, 0) is 47.2 Å². The quantitative estimate of drug-likeness (QED) is 0.311. The Morgan fingerprint density at radius 1 is 1.08 bits per heavy atom. The van der Waals surface area contributed by atoms with Gasteiger partial charge in [0.1, 0.15) is 0 Å². The van der Waals surface area contributed by atoms with Gasteiger partial charge in [-0.2, -0.15) is 0 Å². The average Bonchev–Trinajstić information content (AvgIpc) is 2.99. The van der Waals surface area contributed by atoms with Gasteiger partial charge in [0, 0.05) is 34.8 Å². The molecule has 1 aliphatic heterocycles. The van der Waals surface area contributed by atoms with Crippen LogP contribution in [0.4, 0.5) is 17.1 Å². The minimum atomic E-state index is -0.825. The molecule has 37 heavy (non-hydrogen) atoms. The van der Waals surface area contributed by atoms with Gasteiger partial charge in [0.25, 0.3) is 5.69 Å². The van der Waals surface area contributed by atoms with Gasteiger partial charge in [-0.15, -0.1) is 0 Å². The normalized spacial score (nSPS) is 18.4. The van der Waals surface area contributed by atoms with Crippen molar-refractivity contribution < 1.29 is 14.5 Å². The summed E-state index contributed by atoms with van der Waals surface area (Å²) in [5.74, 6) is -0.313. The number of carbonyl (C=O) groups excluding carboxylic acids is 2. The molecule has 1 amide bonds. The van der Waals surface area contributed by atoms with Crippen molar-refractivity contribution in [3.05, 3.63) is 110 Å². The molecule has 3 aromatic carbocycles. The highest BCUT2D eigenvalue weighted by atomic mass is 35.5. The van der Waals surface area contributed by atoms with Gasteiger partial charge in [-0.25, -0.2) is 0 Å². The standard InChI is InChI=1S/C29H26ClN3O4/c1-29(2)16-23-27(25(34)17-29)28(19-6-5-7-21(15-19)33(36)37)32(24-9-4-3-8-22(24)31-23)26(35)14-18-10-12-20(30)13-11-18/h3-13,15,28,31H,14,16-17H2,1-2H3/t28-/m1/s1. The van der Waals surface area contributed by atoms with Gasteiger partial charge in [-0.1, -0.05) is 61.8 Å². The van der Waals surface area contributed by atoms with Crippen molar-refractivity contribution in [3.8, 4) is 0 Å². The molecule has 0 radical (unpaired) electrons. The molecule has 1 heterocycles. The molecule has 0 bridgehead atoms. The summed E-state index contributed by atoms with van der Waals surface area (Å²) >= 11 is 6.04. The van der Waals surface area contributed by atoms with E-state index >= 15 is 0 Å². The number of anilines is 2. The van der Waals surface area contributed by atoms with Crippen molar-refractivity contribution >= 4 is 40.4 Å². The number of allylic oxidation sites excluding steroid dienone is 1. The fourth-order valence-electron chi connectivity index (χ4n) is 5.25. The second kappa shape index (κ2) is 9.48. The molecule has 1 atom stereocenters. The molecule has 0 spiro atoms. The number of halogens is 1. The SMILES string of the molecule is CC1(C)CC(=O)C2=C(C1)Nc1ccccc1N(C(=O)Cc1ccc(Cl)cc1)[C@@H]2c1cccc([N+](=O)[O-])c1. The molecular weight excluding hydrogens is 490 g/mol. The summed E-state index contributed by atoms with van der Waals surface area (Å²) in [4.78, 5) is 40.6. The maximum atomic E-state index is 14.1. The molecule has 188 valence electrons. The Bertz CT molecular complexity index is 1450. The number of amides is 1. The Hall–Kier alpha value is -3.97. The summed E-state index contributed by atoms with van der Waals surface area (Å²) in [6.07, 6.45) is 0.987. The Kier molecular flexibility index (Phi) is 6.33. The van der Waals surface area contributed by atoms with Crippen LogP contribution in [0.1, 0.15) is 43.9 Å². The van der Waals surface area contributed by atoms with Gasteiger partial charge in [0.05, 0.1) is 28.8 Å². The lowest BCUT2D eigenvalue weighted by atomic mass is 9.73. The third-order valence-corrected chi connectivity index (χ3v) is 7.09. The first-order chi connectivity index (χ1) is 17.6. The van der Waals surface area contributed by atoms with Crippen LogP contribution in [0.3, 0.4) is 0 Å². The second-order valence-corrected chi connectivity index (χ2v) is 10.7. The number of non-ortho nitro benzene ring substituents is 1. The van der Waals surface area contributed by atoms with Gasteiger partial charge in [0.15, 0.2) is 5.78 Å². The van der Waals surface area contributed by atoms with Crippen LogP contribution in [0.2, 0.25) is 5.02 Å². The number of hydrogen-bond acceptors (Lipinski definition) is 5. The van der Waals surface area contributed by atoms with E-state index in [9.17, 15) is 19.7 Å². The smallest absolute Gasteiger partial charge is 0.269 e. The Balaban J connectivity index is 1.73. The lowest BCUT2D eigenvalue weighted by molar-refractivity contribution is -0.384. The van der Waals surface area contributed by atoms with Gasteiger partial charge in [0.2, 0.25) is 5.91 Å². The topological polar surface area (TPSA) is 92.6 Å². The zero-order valence-electron chi connectivity index (χ0n) is 20.5. The summed E-state index contributed by atoms with van der Waals surface area (Å²) < 4.78 is 0. The van der Waals surface area contributed by atoms with Gasteiger partial charge < -0.3 is 5.32 Å². The van der Waals surface area contributed by atoms with Crippen LogP contribution in [0.15, 0.2) is 84.1 Å². The van der Waals surface area contributed by atoms with E-state index in [1.165, 1.54) is 12.1 Å². The summed E-state index contributed by atoms with van der Waals surface area (Å²) in [7, 11) is 0. The van der Waals surface area contributed by atoms with E-state index in [0.29, 0.717) is 40.4 Å². The zero-order valence-corrected chi connectivity index (χ0v) is 21.3. The number of Topliss-reactive ketones (excluding diaryl/α,β-unsaturated/α-hetero) is 1. The fraction of sp³-hybridized carbons (Fsp3) is 0.241. The number of nitro benzene ring substituents is 1. The Morgan fingerprint density at radius 3 is 2.54 bits per heavy atom. The Morgan fingerprint density at radius 2 is 1.81 bits per heavy atom. The first-order valence-electron chi connectivity index (χ1n) is 12.1.